The van der Waals surface area contributed by atoms with Crippen molar-refractivity contribution in [2.75, 3.05) is 6.54 Å². The topological polar surface area (TPSA) is 52.5 Å². The molecule has 0 aliphatic heterocycles. The Bertz CT molecular complexity index is 371. The van der Waals surface area contributed by atoms with Gasteiger partial charge in [0, 0.05) is 13.1 Å². The molecule has 1 atom stereocenters. The van der Waals surface area contributed by atoms with E-state index in [-0.39, 0.29) is 5.75 Å². The highest BCUT2D eigenvalue weighted by Gasteiger charge is 2.16. The first kappa shape index (κ1) is 15.0. The minimum Gasteiger partial charge on any atom is -0.506 e. The number of phenols is 1. The van der Waals surface area contributed by atoms with E-state index < -0.39 is 5.60 Å². The Hall–Kier alpha value is -0.100. The molecule has 0 saturated carbocycles. The summed E-state index contributed by atoms with van der Waals surface area (Å²) in [5, 5.41) is 22.6. The van der Waals surface area contributed by atoms with Gasteiger partial charge in [0.25, 0.3) is 0 Å². The molecular formula is C12H17Br2NO2. The lowest BCUT2D eigenvalue weighted by molar-refractivity contribution is 0.0555. The summed E-state index contributed by atoms with van der Waals surface area (Å²) in [5.41, 5.74) is 0.360. The normalized spacial score (nSPS) is 14.6. The van der Waals surface area contributed by atoms with E-state index in [1.54, 1.807) is 0 Å². The van der Waals surface area contributed by atoms with Gasteiger partial charge in [-0.1, -0.05) is 6.92 Å². The Kier molecular flexibility index (Phi) is 5.44. The molecular weight excluding hydrogens is 350 g/mol. The standard InChI is InChI=1S/C12H17Br2NO2/c1-3-12(2,17)7-15-6-8-4-9(13)11(16)10(14)5-8/h4-5,15-17H,3,6-7H2,1-2H3. The Morgan fingerprint density at radius 3 is 2.29 bits per heavy atom. The van der Waals surface area contributed by atoms with Crippen LogP contribution in [0.15, 0.2) is 21.1 Å². The molecule has 0 aliphatic carbocycles. The number of aromatic hydroxyl groups is 1. The molecule has 0 spiro atoms. The molecule has 5 heteroatoms. The van der Waals surface area contributed by atoms with Crippen LogP contribution in [-0.2, 0) is 6.54 Å². The number of phenolic OH excluding ortho intramolecular Hbond substituents is 1. The highest BCUT2D eigenvalue weighted by atomic mass is 79.9. The van der Waals surface area contributed by atoms with Crippen molar-refractivity contribution < 1.29 is 10.2 Å². The van der Waals surface area contributed by atoms with Crippen LogP contribution in [0.3, 0.4) is 0 Å². The summed E-state index contributed by atoms with van der Waals surface area (Å²) in [5.74, 6) is 0.203. The third-order valence-electron chi connectivity index (χ3n) is 2.67. The molecule has 96 valence electrons. The lowest BCUT2D eigenvalue weighted by atomic mass is 10.0. The van der Waals surface area contributed by atoms with Crippen LogP contribution in [0.5, 0.6) is 5.75 Å². The molecule has 0 aromatic heterocycles. The number of nitrogens with one attached hydrogen (secondary N) is 1. The summed E-state index contributed by atoms with van der Waals surface area (Å²) in [6, 6.07) is 3.71. The average Bonchev–Trinajstić information content (AvgIpc) is 2.25. The maximum Gasteiger partial charge on any atom is 0.143 e. The van der Waals surface area contributed by atoms with E-state index in [1.165, 1.54) is 0 Å². The molecule has 0 heterocycles. The van der Waals surface area contributed by atoms with E-state index in [9.17, 15) is 10.2 Å². The Balaban J connectivity index is 2.59. The van der Waals surface area contributed by atoms with Gasteiger partial charge in [0.05, 0.1) is 14.5 Å². The Labute approximate surface area is 118 Å². The number of benzene rings is 1. The fraction of sp³-hybridized carbons (Fsp3) is 0.500. The van der Waals surface area contributed by atoms with Crippen LogP contribution in [-0.4, -0.2) is 22.4 Å². The third kappa shape index (κ3) is 4.58. The molecule has 0 bridgehead atoms. The number of aliphatic hydroxyl groups is 1. The van der Waals surface area contributed by atoms with Crippen molar-refractivity contribution in [1.29, 1.82) is 0 Å². The van der Waals surface area contributed by atoms with Crippen molar-refractivity contribution >= 4 is 31.9 Å². The summed E-state index contributed by atoms with van der Waals surface area (Å²) >= 11 is 6.57. The van der Waals surface area contributed by atoms with Gasteiger partial charge in [0.2, 0.25) is 0 Å². The van der Waals surface area contributed by atoms with Crippen LogP contribution in [0.1, 0.15) is 25.8 Å². The fourth-order valence-electron chi connectivity index (χ4n) is 1.32. The highest BCUT2D eigenvalue weighted by Crippen LogP contribution is 2.33. The molecule has 3 nitrogen and oxygen atoms in total. The van der Waals surface area contributed by atoms with Crippen LogP contribution in [0.4, 0.5) is 0 Å². The molecule has 17 heavy (non-hydrogen) atoms. The minimum atomic E-state index is -0.675. The van der Waals surface area contributed by atoms with Crippen LogP contribution >= 0.6 is 31.9 Å². The van der Waals surface area contributed by atoms with Crippen molar-refractivity contribution in [3.8, 4) is 5.75 Å². The van der Waals surface area contributed by atoms with E-state index in [0.29, 0.717) is 28.5 Å². The summed E-state index contributed by atoms with van der Waals surface area (Å²) in [6.45, 7) is 4.95. The van der Waals surface area contributed by atoms with Gasteiger partial charge in [-0.3, -0.25) is 0 Å². The van der Waals surface area contributed by atoms with E-state index in [2.05, 4.69) is 37.2 Å². The van der Waals surface area contributed by atoms with Crippen molar-refractivity contribution in [3.05, 3.63) is 26.6 Å². The molecule has 0 fully saturated rings. The van der Waals surface area contributed by atoms with Crippen LogP contribution in [0, 0.1) is 0 Å². The van der Waals surface area contributed by atoms with Crippen LogP contribution in [0.25, 0.3) is 0 Å². The van der Waals surface area contributed by atoms with Gasteiger partial charge < -0.3 is 15.5 Å². The first-order valence-corrected chi connectivity index (χ1v) is 7.04. The maximum absolute atomic E-state index is 9.83. The molecule has 0 radical (unpaired) electrons. The van der Waals surface area contributed by atoms with Crippen molar-refractivity contribution in [2.45, 2.75) is 32.4 Å². The molecule has 3 N–H and O–H groups in total. The van der Waals surface area contributed by atoms with Crippen molar-refractivity contribution in [1.82, 2.24) is 5.32 Å². The molecule has 1 aromatic rings. The largest absolute Gasteiger partial charge is 0.506 e. The number of hydrogen-bond donors (Lipinski definition) is 3. The molecule has 0 saturated heterocycles. The zero-order chi connectivity index (χ0) is 13.1. The average molecular weight is 367 g/mol. The second-order valence-electron chi connectivity index (χ2n) is 4.36. The maximum atomic E-state index is 9.83. The van der Waals surface area contributed by atoms with Gasteiger partial charge in [-0.05, 0) is 62.9 Å². The zero-order valence-electron chi connectivity index (χ0n) is 9.93. The first-order chi connectivity index (χ1) is 7.85. The van der Waals surface area contributed by atoms with Gasteiger partial charge >= 0.3 is 0 Å². The molecule has 0 amide bonds. The predicted octanol–water partition coefficient (Wildman–Crippen LogP) is 3.17. The summed E-state index contributed by atoms with van der Waals surface area (Å²) < 4.78 is 1.32. The molecule has 1 rings (SSSR count). The second kappa shape index (κ2) is 6.18. The molecule has 1 aromatic carbocycles. The summed E-state index contributed by atoms with van der Waals surface area (Å²) in [4.78, 5) is 0. The SMILES string of the molecule is CCC(C)(O)CNCc1cc(Br)c(O)c(Br)c1. The predicted molar refractivity (Wildman–Crippen MR) is 76.1 cm³/mol. The van der Waals surface area contributed by atoms with Crippen LogP contribution < -0.4 is 5.32 Å². The summed E-state index contributed by atoms with van der Waals surface area (Å²) in [6.07, 6.45) is 0.711. The van der Waals surface area contributed by atoms with E-state index in [1.807, 2.05) is 26.0 Å². The number of halogens is 2. The van der Waals surface area contributed by atoms with E-state index in [0.717, 1.165) is 5.56 Å². The zero-order valence-corrected chi connectivity index (χ0v) is 13.1. The van der Waals surface area contributed by atoms with E-state index in [4.69, 9.17) is 0 Å². The van der Waals surface area contributed by atoms with Gasteiger partial charge in [-0.2, -0.15) is 0 Å². The van der Waals surface area contributed by atoms with Crippen LogP contribution in [0.2, 0.25) is 0 Å². The number of rotatable bonds is 5. The monoisotopic (exact) mass is 365 g/mol. The highest BCUT2D eigenvalue weighted by molar-refractivity contribution is 9.11. The van der Waals surface area contributed by atoms with E-state index >= 15 is 0 Å². The lowest BCUT2D eigenvalue weighted by Gasteiger charge is -2.21. The van der Waals surface area contributed by atoms with Gasteiger partial charge in [-0.25, -0.2) is 0 Å². The minimum absolute atomic E-state index is 0.203. The lowest BCUT2D eigenvalue weighted by Crippen LogP contribution is -2.36. The third-order valence-corrected chi connectivity index (χ3v) is 3.88. The molecule has 0 aliphatic rings. The fourth-order valence-corrected chi connectivity index (χ4v) is 2.60. The molecule has 1 unspecified atom stereocenters. The quantitative estimate of drug-likeness (QED) is 0.750. The van der Waals surface area contributed by atoms with Gasteiger partial charge in [0.15, 0.2) is 0 Å². The smallest absolute Gasteiger partial charge is 0.143 e. The van der Waals surface area contributed by atoms with Gasteiger partial charge in [0.1, 0.15) is 5.75 Å². The Morgan fingerprint density at radius 2 is 1.82 bits per heavy atom. The van der Waals surface area contributed by atoms with Crippen molar-refractivity contribution in [2.24, 2.45) is 0 Å². The number of hydrogen-bond acceptors (Lipinski definition) is 3. The first-order valence-electron chi connectivity index (χ1n) is 5.45. The van der Waals surface area contributed by atoms with Gasteiger partial charge in [-0.15, -0.1) is 0 Å². The van der Waals surface area contributed by atoms with Crippen molar-refractivity contribution in [3.63, 3.8) is 0 Å². The Morgan fingerprint density at radius 1 is 1.29 bits per heavy atom. The summed E-state index contributed by atoms with van der Waals surface area (Å²) in [7, 11) is 0. The second-order valence-corrected chi connectivity index (χ2v) is 6.07.